The van der Waals surface area contributed by atoms with E-state index in [4.69, 9.17) is 16.3 Å². The van der Waals surface area contributed by atoms with E-state index < -0.39 is 17.9 Å². The van der Waals surface area contributed by atoms with E-state index in [0.717, 1.165) is 5.69 Å². The van der Waals surface area contributed by atoms with Gasteiger partial charge < -0.3 is 15.2 Å². The number of amides is 1. The molecule has 0 aliphatic carbocycles. The predicted molar refractivity (Wildman–Crippen MR) is 83.8 cm³/mol. The number of methoxy groups -OCH3 is 1. The van der Waals surface area contributed by atoms with Gasteiger partial charge in [0.1, 0.15) is 11.4 Å². The smallest absolute Gasteiger partial charge is 0.330 e. The normalized spacial score (nSPS) is 11.8. The van der Waals surface area contributed by atoms with Gasteiger partial charge >= 0.3 is 5.97 Å². The van der Waals surface area contributed by atoms with Gasteiger partial charge in [0.25, 0.3) is 5.91 Å². The third-order valence-corrected chi connectivity index (χ3v) is 3.67. The molecule has 1 atom stereocenters. The monoisotopic (exact) mass is 337 g/mol. The molecule has 2 N–H and O–H groups in total. The largest absolute Gasteiger partial charge is 0.495 e. The van der Waals surface area contributed by atoms with Gasteiger partial charge in [-0.2, -0.15) is 5.10 Å². The summed E-state index contributed by atoms with van der Waals surface area (Å²) < 4.78 is 6.56. The molecule has 0 aliphatic heterocycles. The van der Waals surface area contributed by atoms with E-state index in [1.165, 1.54) is 23.9 Å². The minimum Gasteiger partial charge on any atom is -0.495 e. The molecule has 0 spiro atoms. The average molecular weight is 338 g/mol. The summed E-state index contributed by atoms with van der Waals surface area (Å²) in [5, 5.41) is 16.1. The minimum atomic E-state index is -1.24. The Bertz CT molecular complexity index is 738. The zero-order valence-electron chi connectivity index (χ0n) is 12.8. The lowest BCUT2D eigenvalue weighted by molar-refractivity contribution is -0.139. The van der Waals surface area contributed by atoms with E-state index in [-0.39, 0.29) is 10.7 Å². The Morgan fingerprint density at radius 2 is 2.09 bits per heavy atom. The Balaban J connectivity index is 2.27. The highest BCUT2D eigenvalue weighted by Gasteiger charge is 2.24. The number of carboxylic acids is 1. The summed E-state index contributed by atoms with van der Waals surface area (Å²) in [5.41, 5.74) is 1.27. The van der Waals surface area contributed by atoms with Gasteiger partial charge in [0.05, 0.1) is 12.1 Å². The van der Waals surface area contributed by atoms with Gasteiger partial charge in [-0.05, 0) is 30.7 Å². The number of nitrogens with zero attached hydrogens (tertiary/aromatic N) is 2. The van der Waals surface area contributed by atoms with Crippen molar-refractivity contribution in [1.82, 2.24) is 15.1 Å². The van der Waals surface area contributed by atoms with Crippen molar-refractivity contribution in [3.05, 3.63) is 46.2 Å². The fourth-order valence-corrected chi connectivity index (χ4v) is 2.29. The van der Waals surface area contributed by atoms with Gasteiger partial charge in [0.2, 0.25) is 0 Å². The van der Waals surface area contributed by atoms with Crippen LogP contribution >= 0.6 is 11.6 Å². The highest BCUT2D eigenvalue weighted by molar-refractivity contribution is 6.32. The molecule has 2 rings (SSSR count). The lowest BCUT2D eigenvalue weighted by Gasteiger charge is -2.15. The number of aryl methyl sites for hydroxylation is 2. The van der Waals surface area contributed by atoms with E-state index in [1.54, 1.807) is 26.1 Å². The van der Waals surface area contributed by atoms with Gasteiger partial charge in [0, 0.05) is 12.7 Å². The standard InChI is InChI=1S/C15H16ClN3O4/c1-8-6-11(18-19(8)2)14(20)17-13(15(21)22)9-4-5-12(23-3)10(16)7-9/h4-7,13H,1-3H3,(H,17,20)(H,21,22). The number of nitrogens with one attached hydrogen (secondary N) is 1. The lowest BCUT2D eigenvalue weighted by atomic mass is 10.1. The highest BCUT2D eigenvalue weighted by atomic mass is 35.5. The zero-order valence-corrected chi connectivity index (χ0v) is 13.6. The number of benzene rings is 1. The number of halogens is 1. The Labute approximate surface area is 137 Å². The van der Waals surface area contributed by atoms with Gasteiger partial charge in [-0.15, -0.1) is 0 Å². The molecule has 0 saturated heterocycles. The fraction of sp³-hybridized carbons (Fsp3) is 0.267. The molecular weight excluding hydrogens is 322 g/mol. The van der Waals surface area contributed by atoms with Crippen LogP contribution in [-0.4, -0.2) is 33.9 Å². The minimum absolute atomic E-state index is 0.149. The van der Waals surface area contributed by atoms with Crippen LogP contribution in [-0.2, 0) is 11.8 Å². The summed E-state index contributed by atoms with van der Waals surface area (Å²) in [6.07, 6.45) is 0. The molecule has 0 fully saturated rings. The van der Waals surface area contributed by atoms with Crippen molar-refractivity contribution >= 4 is 23.5 Å². The number of carbonyl (C=O) groups excluding carboxylic acids is 1. The number of hydrogen-bond acceptors (Lipinski definition) is 4. The van der Waals surface area contributed by atoms with Crippen molar-refractivity contribution in [2.45, 2.75) is 13.0 Å². The average Bonchev–Trinajstić information content (AvgIpc) is 2.84. The molecule has 7 nitrogen and oxygen atoms in total. The van der Waals surface area contributed by atoms with Crippen molar-refractivity contribution in [3.8, 4) is 5.75 Å². The highest BCUT2D eigenvalue weighted by Crippen LogP contribution is 2.28. The van der Waals surface area contributed by atoms with Gasteiger partial charge in [-0.25, -0.2) is 4.79 Å². The Kier molecular flexibility index (Phi) is 4.90. The molecule has 1 amide bonds. The van der Waals surface area contributed by atoms with Crippen LogP contribution < -0.4 is 10.1 Å². The first-order chi connectivity index (χ1) is 10.8. The third-order valence-electron chi connectivity index (χ3n) is 3.38. The lowest BCUT2D eigenvalue weighted by Crippen LogP contribution is -2.34. The molecule has 1 unspecified atom stereocenters. The van der Waals surface area contributed by atoms with E-state index in [1.807, 2.05) is 0 Å². The number of hydrogen-bond donors (Lipinski definition) is 2. The molecule has 0 bridgehead atoms. The van der Waals surface area contributed by atoms with Crippen LogP contribution in [0.4, 0.5) is 0 Å². The summed E-state index contributed by atoms with van der Waals surface area (Å²) >= 11 is 6.01. The number of carbonyl (C=O) groups is 2. The molecule has 0 radical (unpaired) electrons. The quantitative estimate of drug-likeness (QED) is 0.869. The molecule has 0 saturated carbocycles. The molecule has 122 valence electrons. The number of rotatable bonds is 5. The van der Waals surface area contributed by atoms with Crippen molar-refractivity contribution in [2.75, 3.05) is 7.11 Å². The van der Waals surface area contributed by atoms with Crippen LogP contribution in [0.3, 0.4) is 0 Å². The van der Waals surface area contributed by atoms with Gasteiger partial charge in [0.15, 0.2) is 6.04 Å². The van der Waals surface area contributed by atoms with E-state index in [2.05, 4.69) is 10.4 Å². The molecule has 1 aromatic heterocycles. The Morgan fingerprint density at radius 1 is 1.39 bits per heavy atom. The first-order valence-electron chi connectivity index (χ1n) is 6.71. The molecule has 8 heteroatoms. The maximum absolute atomic E-state index is 12.2. The molecule has 1 aromatic carbocycles. The topological polar surface area (TPSA) is 93.5 Å². The second-order valence-corrected chi connectivity index (χ2v) is 5.34. The van der Waals surface area contributed by atoms with Crippen LogP contribution in [0.2, 0.25) is 5.02 Å². The second kappa shape index (κ2) is 6.70. The predicted octanol–water partition coefficient (Wildman–Crippen LogP) is 1.95. The number of carboxylic acid groups (broad SMARTS) is 1. The van der Waals surface area contributed by atoms with Crippen LogP contribution in [0, 0.1) is 6.92 Å². The summed E-state index contributed by atoms with van der Waals surface area (Å²) in [4.78, 5) is 23.7. The molecule has 2 aromatic rings. The summed E-state index contributed by atoms with van der Waals surface area (Å²) in [6, 6.07) is 4.87. The Morgan fingerprint density at radius 3 is 2.57 bits per heavy atom. The van der Waals surface area contributed by atoms with Crippen molar-refractivity contribution in [1.29, 1.82) is 0 Å². The second-order valence-electron chi connectivity index (χ2n) is 4.93. The van der Waals surface area contributed by atoms with Crippen molar-refractivity contribution < 1.29 is 19.4 Å². The van der Waals surface area contributed by atoms with E-state index in [0.29, 0.717) is 11.3 Å². The molecule has 1 heterocycles. The zero-order chi connectivity index (χ0) is 17.1. The number of aromatic nitrogens is 2. The van der Waals surface area contributed by atoms with E-state index in [9.17, 15) is 14.7 Å². The summed E-state index contributed by atoms with van der Waals surface area (Å²) in [7, 11) is 3.16. The third kappa shape index (κ3) is 3.62. The first kappa shape index (κ1) is 16.8. The molecular formula is C15H16ClN3O4. The maximum Gasteiger partial charge on any atom is 0.330 e. The van der Waals surface area contributed by atoms with E-state index >= 15 is 0 Å². The van der Waals surface area contributed by atoms with Crippen molar-refractivity contribution in [3.63, 3.8) is 0 Å². The number of ether oxygens (including phenoxy) is 1. The molecule has 23 heavy (non-hydrogen) atoms. The van der Waals surface area contributed by atoms with Crippen LogP contribution in [0.25, 0.3) is 0 Å². The van der Waals surface area contributed by atoms with Crippen molar-refractivity contribution in [2.24, 2.45) is 7.05 Å². The van der Waals surface area contributed by atoms with Crippen LogP contribution in [0.5, 0.6) is 5.75 Å². The van der Waals surface area contributed by atoms with Crippen LogP contribution in [0.15, 0.2) is 24.3 Å². The fourth-order valence-electron chi connectivity index (χ4n) is 2.03. The van der Waals surface area contributed by atoms with Gasteiger partial charge in [-0.3, -0.25) is 9.48 Å². The summed E-state index contributed by atoms with van der Waals surface area (Å²) in [5.74, 6) is -1.36. The number of aliphatic carboxylic acids is 1. The first-order valence-corrected chi connectivity index (χ1v) is 7.09. The molecule has 0 aliphatic rings. The maximum atomic E-state index is 12.2. The van der Waals surface area contributed by atoms with Crippen LogP contribution in [0.1, 0.15) is 27.8 Å². The summed E-state index contributed by atoms with van der Waals surface area (Å²) in [6.45, 7) is 1.79. The Hall–Kier alpha value is -2.54. The van der Waals surface area contributed by atoms with Gasteiger partial charge in [-0.1, -0.05) is 17.7 Å². The SMILES string of the molecule is COc1ccc(C(NC(=O)c2cc(C)n(C)n2)C(=O)O)cc1Cl.